The van der Waals surface area contributed by atoms with E-state index in [0.717, 1.165) is 37.3 Å². The van der Waals surface area contributed by atoms with Crippen LogP contribution in [-0.4, -0.2) is 28.1 Å². The van der Waals surface area contributed by atoms with Crippen LogP contribution in [0, 0.1) is 5.92 Å². The molecule has 1 saturated heterocycles. The number of nitrogens with one attached hydrogen (secondary N) is 2. The number of thiophene rings is 1. The zero-order valence-electron chi connectivity index (χ0n) is 9.58. The van der Waals surface area contributed by atoms with E-state index < -0.39 is 10.0 Å². The lowest BCUT2D eigenvalue weighted by molar-refractivity contribution is 0.372. The van der Waals surface area contributed by atoms with Gasteiger partial charge in [-0.3, -0.25) is 0 Å². The molecule has 8 heteroatoms. The van der Waals surface area contributed by atoms with Gasteiger partial charge in [0.1, 0.15) is 4.21 Å². The van der Waals surface area contributed by atoms with Gasteiger partial charge in [0.15, 0.2) is 0 Å². The third-order valence-electron chi connectivity index (χ3n) is 2.91. The number of rotatable bonds is 4. The molecule has 2 rings (SSSR count). The van der Waals surface area contributed by atoms with E-state index in [1.807, 2.05) is 0 Å². The van der Waals surface area contributed by atoms with Gasteiger partial charge in [-0.25, -0.2) is 13.1 Å². The Hall–Kier alpha value is 0.340. The summed E-state index contributed by atoms with van der Waals surface area (Å²) in [6, 6.07) is 1.47. The minimum Gasteiger partial charge on any atom is -0.317 e. The van der Waals surface area contributed by atoms with Crippen molar-refractivity contribution in [3.63, 3.8) is 0 Å². The van der Waals surface area contributed by atoms with Crippen LogP contribution in [0.2, 0.25) is 5.02 Å². The first-order chi connectivity index (χ1) is 8.49. The second-order valence-corrected chi connectivity index (χ2v) is 9.00. The van der Waals surface area contributed by atoms with Gasteiger partial charge < -0.3 is 5.32 Å². The molecule has 1 aromatic heterocycles. The fourth-order valence-corrected chi connectivity index (χ4v) is 5.40. The smallest absolute Gasteiger partial charge is 0.250 e. The third kappa shape index (κ3) is 3.68. The van der Waals surface area contributed by atoms with Gasteiger partial charge in [-0.05, 0) is 53.8 Å². The van der Waals surface area contributed by atoms with Gasteiger partial charge in [-0.1, -0.05) is 11.6 Å². The Kier molecular flexibility index (Phi) is 5.07. The fourth-order valence-electron chi connectivity index (χ4n) is 1.84. The first-order valence-electron chi connectivity index (χ1n) is 5.64. The van der Waals surface area contributed by atoms with Crippen molar-refractivity contribution in [2.75, 3.05) is 19.6 Å². The minimum atomic E-state index is -3.43. The van der Waals surface area contributed by atoms with E-state index in [9.17, 15) is 8.42 Å². The van der Waals surface area contributed by atoms with E-state index in [4.69, 9.17) is 11.6 Å². The summed E-state index contributed by atoms with van der Waals surface area (Å²) in [7, 11) is -3.43. The van der Waals surface area contributed by atoms with Crippen molar-refractivity contribution in [3.8, 4) is 0 Å². The van der Waals surface area contributed by atoms with Crippen LogP contribution in [0.1, 0.15) is 12.8 Å². The molecule has 0 aromatic carbocycles. The molecule has 0 unspecified atom stereocenters. The molecule has 0 saturated carbocycles. The molecule has 0 bridgehead atoms. The monoisotopic (exact) mass is 372 g/mol. The number of halogens is 2. The standard InChI is InChI=1S/C10H14BrClN2O2S2/c11-10-8(12)5-9(17-10)18(15,16)14-6-7-1-3-13-4-2-7/h5,7,13-14H,1-4,6H2. The average Bonchev–Trinajstić information content (AvgIpc) is 2.70. The predicted molar refractivity (Wildman–Crippen MR) is 77.8 cm³/mol. The van der Waals surface area contributed by atoms with Crippen LogP contribution in [0.15, 0.2) is 14.1 Å². The molecule has 18 heavy (non-hydrogen) atoms. The Balaban J connectivity index is 1.98. The predicted octanol–water partition coefficient (Wildman–Crippen LogP) is 2.44. The number of hydrogen-bond donors (Lipinski definition) is 2. The van der Waals surface area contributed by atoms with E-state index in [0.29, 0.717) is 21.3 Å². The molecular weight excluding hydrogens is 360 g/mol. The first kappa shape index (κ1) is 14.7. The van der Waals surface area contributed by atoms with Gasteiger partial charge in [0.2, 0.25) is 10.0 Å². The Labute approximate surface area is 124 Å². The van der Waals surface area contributed by atoms with E-state index in [2.05, 4.69) is 26.0 Å². The lowest BCUT2D eigenvalue weighted by Gasteiger charge is -2.22. The number of sulfonamides is 1. The molecule has 0 radical (unpaired) electrons. The highest BCUT2D eigenvalue weighted by Crippen LogP contribution is 2.34. The molecule has 0 atom stereocenters. The molecule has 1 aliphatic heterocycles. The fraction of sp³-hybridized carbons (Fsp3) is 0.600. The maximum atomic E-state index is 12.0. The van der Waals surface area contributed by atoms with Crippen molar-refractivity contribution in [2.24, 2.45) is 5.92 Å². The summed E-state index contributed by atoms with van der Waals surface area (Å²) < 4.78 is 27.7. The molecule has 1 aliphatic rings. The highest BCUT2D eigenvalue weighted by atomic mass is 79.9. The summed E-state index contributed by atoms with van der Waals surface area (Å²) in [5.41, 5.74) is 0. The van der Waals surface area contributed by atoms with Crippen LogP contribution in [0.4, 0.5) is 0 Å². The van der Waals surface area contributed by atoms with Crippen molar-refractivity contribution in [2.45, 2.75) is 17.1 Å². The topological polar surface area (TPSA) is 58.2 Å². The summed E-state index contributed by atoms with van der Waals surface area (Å²) in [5, 5.41) is 3.69. The molecule has 0 amide bonds. The Morgan fingerprint density at radius 1 is 1.50 bits per heavy atom. The van der Waals surface area contributed by atoms with Gasteiger partial charge in [0.25, 0.3) is 0 Å². The first-order valence-corrected chi connectivity index (χ1v) is 9.11. The van der Waals surface area contributed by atoms with Gasteiger partial charge in [0, 0.05) is 6.54 Å². The molecule has 2 N–H and O–H groups in total. The van der Waals surface area contributed by atoms with Crippen molar-refractivity contribution >= 4 is 48.9 Å². The van der Waals surface area contributed by atoms with Crippen LogP contribution < -0.4 is 10.0 Å². The molecule has 4 nitrogen and oxygen atoms in total. The maximum Gasteiger partial charge on any atom is 0.250 e. The lowest BCUT2D eigenvalue weighted by Crippen LogP contribution is -2.35. The van der Waals surface area contributed by atoms with Crippen LogP contribution >= 0.6 is 38.9 Å². The molecule has 1 aromatic rings. The van der Waals surface area contributed by atoms with Gasteiger partial charge >= 0.3 is 0 Å². The molecule has 102 valence electrons. The van der Waals surface area contributed by atoms with Crippen LogP contribution in [-0.2, 0) is 10.0 Å². The largest absolute Gasteiger partial charge is 0.317 e. The van der Waals surface area contributed by atoms with Crippen molar-refractivity contribution < 1.29 is 8.42 Å². The van der Waals surface area contributed by atoms with E-state index >= 15 is 0 Å². The highest BCUT2D eigenvalue weighted by Gasteiger charge is 2.21. The molecule has 1 fully saturated rings. The van der Waals surface area contributed by atoms with E-state index in [-0.39, 0.29) is 4.21 Å². The summed E-state index contributed by atoms with van der Waals surface area (Å²) in [5.74, 6) is 0.417. The van der Waals surface area contributed by atoms with Gasteiger partial charge in [-0.2, -0.15) is 0 Å². The van der Waals surface area contributed by atoms with E-state index in [1.165, 1.54) is 6.07 Å². The Bertz CT molecular complexity index is 492. The van der Waals surface area contributed by atoms with E-state index in [1.54, 1.807) is 0 Å². The van der Waals surface area contributed by atoms with Crippen molar-refractivity contribution in [3.05, 3.63) is 14.9 Å². The molecule has 2 heterocycles. The van der Waals surface area contributed by atoms with Gasteiger partial charge in [0.05, 0.1) is 8.81 Å². The number of piperidine rings is 1. The minimum absolute atomic E-state index is 0.258. The molecule has 0 aliphatic carbocycles. The van der Waals surface area contributed by atoms with Crippen LogP contribution in [0.25, 0.3) is 0 Å². The SMILES string of the molecule is O=S(=O)(NCC1CCNCC1)c1cc(Cl)c(Br)s1. The zero-order valence-corrected chi connectivity index (χ0v) is 13.6. The second kappa shape index (κ2) is 6.19. The molecular formula is C10H14BrClN2O2S2. The van der Waals surface area contributed by atoms with Crippen LogP contribution in [0.5, 0.6) is 0 Å². The quantitative estimate of drug-likeness (QED) is 0.852. The maximum absolute atomic E-state index is 12.0. The Morgan fingerprint density at radius 3 is 2.72 bits per heavy atom. The lowest BCUT2D eigenvalue weighted by atomic mass is 9.99. The van der Waals surface area contributed by atoms with Crippen molar-refractivity contribution in [1.82, 2.24) is 10.0 Å². The van der Waals surface area contributed by atoms with Crippen LogP contribution in [0.3, 0.4) is 0 Å². The molecule has 0 spiro atoms. The third-order valence-corrected chi connectivity index (χ3v) is 7.28. The average molecular weight is 374 g/mol. The highest BCUT2D eigenvalue weighted by molar-refractivity contribution is 9.11. The summed E-state index contributed by atoms with van der Waals surface area (Å²) >= 11 is 10.2. The second-order valence-electron chi connectivity index (χ2n) is 4.23. The van der Waals surface area contributed by atoms with Crippen molar-refractivity contribution in [1.29, 1.82) is 0 Å². The summed E-state index contributed by atoms with van der Waals surface area (Å²) in [6.45, 7) is 2.42. The zero-order chi connectivity index (χ0) is 13.2. The summed E-state index contributed by atoms with van der Waals surface area (Å²) in [4.78, 5) is 0. The number of hydrogen-bond acceptors (Lipinski definition) is 4. The summed E-state index contributed by atoms with van der Waals surface area (Å²) in [6.07, 6.45) is 2.02. The Morgan fingerprint density at radius 2 is 2.17 bits per heavy atom. The van der Waals surface area contributed by atoms with Gasteiger partial charge in [-0.15, -0.1) is 11.3 Å². The normalized spacial score (nSPS) is 18.1.